The van der Waals surface area contributed by atoms with Gasteiger partial charge in [-0.05, 0) is 53.6 Å². The Balaban J connectivity index is 2.17. The minimum atomic E-state index is -0.241. The number of halogens is 1. The normalized spacial score (nSPS) is 11.8. The van der Waals surface area contributed by atoms with Crippen molar-refractivity contribution in [2.24, 2.45) is 0 Å². The summed E-state index contributed by atoms with van der Waals surface area (Å²) in [5, 5.41) is 11.5. The largest absolute Gasteiger partial charge is 0.516 e. The number of aliphatic hydroxyl groups is 1. The zero-order valence-corrected chi connectivity index (χ0v) is 14.6. The zero-order valence-electron chi connectivity index (χ0n) is 14.6. The van der Waals surface area contributed by atoms with Gasteiger partial charge in [-0.25, -0.2) is 4.39 Å². The van der Waals surface area contributed by atoms with Crippen LogP contribution in [0.25, 0.3) is 27.4 Å². The molecule has 0 amide bonds. The fourth-order valence-electron chi connectivity index (χ4n) is 3.83. The molecule has 0 unspecified atom stereocenters. The minimum absolute atomic E-state index is 0.241. The van der Waals surface area contributed by atoms with Crippen molar-refractivity contribution in [3.05, 3.63) is 90.2 Å². The van der Waals surface area contributed by atoms with Crippen LogP contribution in [0.15, 0.2) is 73.1 Å². The Bertz CT molecular complexity index is 1110. The summed E-state index contributed by atoms with van der Waals surface area (Å²) in [6, 6.07) is 17.1. The maximum absolute atomic E-state index is 13.5. The lowest BCUT2D eigenvalue weighted by Crippen LogP contribution is -1.94. The van der Waals surface area contributed by atoms with Gasteiger partial charge in [-0.3, -0.25) is 0 Å². The molecule has 0 aliphatic heterocycles. The van der Waals surface area contributed by atoms with Crippen molar-refractivity contribution < 1.29 is 9.50 Å². The molecule has 0 spiro atoms. The Morgan fingerprint density at radius 2 is 1.81 bits per heavy atom. The predicted molar refractivity (Wildman–Crippen MR) is 105 cm³/mol. The van der Waals surface area contributed by atoms with Gasteiger partial charge in [0, 0.05) is 22.8 Å². The van der Waals surface area contributed by atoms with E-state index in [-0.39, 0.29) is 5.82 Å². The first kappa shape index (κ1) is 16.4. The maximum atomic E-state index is 13.5. The lowest BCUT2D eigenvalue weighted by atomic mass is 9.96. The molecule has 130 valence electrons. The Kier molecular flexibility index (Phi) is 4.21. The number of benzene rings is 2. The Morgan fingerprint density at radius 3 is 2.54 bits per heavy atom. The standard InChI is InChI=1S/C23H20FNO/c1-2-21-20(8-5-15-26)22(17-9-11-18(24)12-10-17)23-19-7-4-3-6-16(19)13-14-25(21)23/h3-7,9-15,26H,2,8H2,1H3. The molecule has 4 rings (SSSR count). The molecule has 0 aliphatic rings. The van der Waals surface area contributed by atoms with Crippen molar-refractivity contribution >= 4 is 16.3 Å². The average Bonchev–Trinajstić information content (AvgIpc) is 3.00. The van der Waals surface area contributed by atoms with Crippen LogP contribution in [0.3, 0.4) is 0 Å². The van der Waals surface area contributed by atoms with Crippen molar-refractivity contribution in [3.8, 4) is 11.1 Å². The van der Waals surface area contributed by atoms with Gasteiger partial charge in [-0.2, -0.15) is 0 Å². The summed E-state index contributed by atoms with van der Waals surface area (Å²) in [4.78, 5) is 0. The lowest BCUT2D eigenvalue weighted by molar-refractivity contribution is 0.471. The lowest BCUT2D eigenvalue weighted by Gasteiger charge is -2.07. The molecule has 0 radical (unpaired) electrons. The molecule has 2 aromatic carbocycles. The number of aryl methyl sites for hydroxylation is 1. The topological polar surface area (TPSA) is 24.6 Å². The highest BCUT2D eigenvalue weighted by Crippen LogP contribution is 2.38. The van der Waals surface area contributed by atoms with E-state index in [9.17, 15) is 9.50 Å². The second-order valence-corrected chi connectivity index (χ2v) is 6.37. The molecule has 26 heavy (non-hydrogen) atoms. The number of aromatic nitrogens is 1. The minimum Gasteiger partial charge on any atom is -0.516 e. The van der Waals surface area contributed by atoms with Crippen molar-refractivity contribution in [1.82, 2.24) is 4.40 Å². The Labute approximate surface area is 151 Å². The Morgan fingerprint density at radius 1 is 1.04 bits per heavy atom. The first-order chi connectivity index (χ1) is 12.7. The maximum Gasteiger partial charge on any atom is 0.123 e. The van der Waals surface area contributed by atoms with Gasteiger partial charge in [0.2, 0.25) is 0 Å². The summed E-state index contributed by atoms with van der Waals surface area (Å²) >= 11 is 0. The average molecular weight is 345 g/mol. The number of allylic oxidation sites excluding steroid dienone is 1. The van der Waals surface area contributed by atoms with Crippen LogP contribution in [0.1, 0.15) is 18.2 Å². The second-order valence-electron chi connectivity index (χ2n) is 6.37. The summed E-state index contributed by atoms with van der Waals surface area (Å²) in [6.07, 6.45) is 6.45. The first-order valence-electron chi connectivity index (χ1n) is 8.83. The summed E-state index contributed by atoms with van der Waals surface area (Å²) < 4.78 is 15.7. The van der Waals surface area contributed by atoms with Crippen LogP contribution >= 0.6 is 0 Å². The molecule has 0 saturated carbocycles. The number of hydrogen-bond donors (Lipinski definition) is 1. The molecule has 0 bridgehead atoms. The molecule has 2 heterocycles. The number of aliphatic hydroxyl groups excluding tert-OH is 1. The van der Waals surface area contributed by atoms with E-state index in [4.69, 9.17) is 0 Å². The van der Waals surface area contributed by atoms with Crippen molar-refractivity contribution in [3.63, 3.8) is 0 Å². The van der Waals surface area contributed by atoms with Gasteiger partial charge in [-0.15, -0.1) is 0 Å². The molecule has 2 aromatic heterocycles. The van der Waals surface area contributed by atoms with Gasteiger partial charge in [0.25, 0.3) is 0 Å². The van der Waals surface area contributed by atoms with Gasteiger partial charge < -0.3 is 9.51 Å². The monoisotopic (exact) mass is 345 g/mol. The van der Waals surface area contributed by atoms with Gasteiger partial charge in [0.15, 0.2) is 0 Å². The SMILES string of the molecule is CCc1c(CC=CO)c(-c2ccc(F)cc2)c2c3ccccc3ccn12. The van der Waals surface area contributed by atoms with E-state index in [2.05, 4.69) is 35.7 Å². The number of fused-ring (bicyclic) bond motifs is 3. The van der Waals surface area contributed by atoms with E-state index in [0.717, 1.165) is 29.3 Å². The molecule has 0 saturated heterocycles. The van der Waals surface area contributed by atoms with Crippen LogP contribution in [0.4, 0.5) is 4.39 Å². The highest BCUT2D eigenvalue weighted by Gasteiger charge is 2.19. The van der Waals surface area contributed by atoms with Gasteiger partial charge >= 0.3 is 0 Å². The van der Waals surface area contributed by atoms with Crippen LogP contribution in [0.2, 0.25) is 0 Å². The van der Waals surface area contributed by atoms with Crippen LogP contribution in [0, 0.1) is 5.82 Å². The van der Waals surface area contributed by atoms with E-state index in [0.29, 0.717) is 6.42 Å². The van der Waals surface area contributed by atoms with Gasteiger partial charge in [0.1, 0.15) is 5.82 Å². The quantitative estimate of drug-likeness (QED) is 0.446. The molecule has 3 heteroatoms. The number of rotatable bonds is 4. The van der Waals surface area contributed by atoms with Crippen LogP contribution in [-0.4, -0.2) is 9.51 Å². The second kappa shape index (κ2) is 6.68. The summed E-state index contributed by atoms with van der Waals surface area (Å²) in [7, 11) is 0. The van der Waals surface area contributed by atoms with Gasteiger partial charge in [0.05, 0.1) is 11.8 Å². The van der Waals surface area contributed by atoms with Crippen molar-refractivity contribution in [2.45, 2.75) is 19.8 Å². The predicted octanol–water partition coefficient (Wildman–Crippen LogP) is 6.08. The van der Waals surface area contributed by atoms with Crippen LogP contribution in [0.5, 0.6) is 0 Å². The van der Waals surface area contributed by atoms with Crippen LogP contribution < -0.4 is 0 Å². The van der Waals surface area contributed by atoms with Crippen molar-refractivity contribution in [2.75, 3.05) is 0 Å². The van der Waals surface area contributed by atoms with Crippen LogP contribution in [-0.2, 0) is 12.8 Å². The van der Waals surface area contributed by atoms with E-state index in [1.165, 1.54) is 34.2 Å². The molecular weight excluding hydrogens is 325 g/mol. The third kappa shape index (κ3) is 2.57. The van der Waals surface area contributed by atoms with Gasteiger partial charge in [-0.1, -0.05) is 43.3 Å². The Hall–Kier alpha value is -3.07. The molecular formula is C23H20FNO. The summed E-state index contributed by atoms with van der Waals surface area (Å²) in [6.45, 7) is 2.14. The molecule has 0 aliphatic carbocycles. The zero-order chi connectivity index (χ0) is 18.1. The molecule has 0 fully saturated rings. The fourth-order valence-corrected chi connectivity index (χ4v) is 3.83. The van der Waals surface area contributed by atoms with E-state index in [1.807, 2.05) is 24.3 Å². The first-order valence-corrected chi connectivity index (χ1v) is 8.83. The number of pyridine rings is 1. The molecule has 0 atom stereocenters. The van der Waals surface area contributed by atoms with E-state index in [1.54, 1.807) is 6.08 Å². The third-order valence-electron chi connectivity index (χ3n) is 4.93. The van der Waals surface area contributed by atoms with Crippen molar-refractivity contribution in [1.29, 1.82) is 0 Å². The van der Waals surface area contributed by atoms with E-state index < -0.39 is 0 Å². The molecule has 2 nitrogen and oxygen atoms in total. The third-order valence-corrected chi connectivity index (χ3v) is 4.93. The highest BCUT2D eigenvalue weighted by atomic mass is 19.1. The molecule has 4 aromatic rings. The fraction of sp³-hybridized carbons (Fsp3) is 0.130. The number of nitrogens with zero attached hydrogens (tertiary/aromatic N) is 1. The van der Waals surface area contributed by atoms with E-state index >= 15 is 0 Å². The molecule has 1 N–H and O–H groups in total. The smallest absolute Gasteiger partial charge is 0.123 e. The summed E-state index contributed by atoms with van der Waals surface area (Å²) in [5.74, 6) is -0.241. The summed E-state index contributed by atoms with van der Waals surface area (Å²) in [5.41, 5.74) is 5.61. The number of hydrogen-bond acceptors (Lipinski definition) is 1. The highest BCUT2D eigenvalue weighted by molar-refractivity contribution is 6.05.